The van der Waals surface area contributed by atoms with Crippen molar-refractivity contribution in [2.75, 3.05) is 16.8 Å². The van der Waals surface area contributed by atoms with E-state index in [0.29, 0.717) is 11.4 Å². The number of hydrogen-bond donors (Lipinski definition) is 2. The molecule has 2 amide bonds. The van der Waals surface area contributed by atoms with Crippen LogP contribution in [0.3, 0.4) is 0 Å². The first-order valence-electron chi connectivity index (χ1n) is 7.90. The van der Waals surface area contributed by atoms with Crippen molar-refractivity contribution < 1.29 is 24.0 Å². The standard InChI is InChI=1S/C16H15N5O6/c1-8-14(21(25)26)13(19-18-8)16(24)27-9(2)15(23)20-7-12(22)17-10-5-3-4-6-11(10)20/h3-6,9H,7H2,1-2H3,(H,17,22)(H,18,19). The summed E-state index contributed by atoms with van der Waals surface area (Å²) in [5.41, 5.74) is -0.0189. The van der Waals surface area contributed by atoms with E-state index >= 15 is 0 Å². The van der Waals surface area contributed by atoms with Gasteiger partial charge in [0.1, 0.15) is 12.2 Å². The monoisotopic (exact) mass is 373 g/mol. The molecule has 27 heavy (non-hydrogen) atoms. The van der Waals surface area contributed by atoms with Crippen molar-refractivity contribution in [1.82, 2.24) is 10.2 Å². The van der Waals surface area contributed by atoms with Crippen LogP contribution in [0.25, 0.3) is 0 Å². The molecule has 1 aliphatic rings. The van der Waals surface area contributed by atoms with Crippen LogP contribution in [0.1, 0.15) is 23.1 Å². The fraction of sp³-hybridized carbons (Fsp3) is 0.250. The lowest BCUT2D eigenvalue weighted by Crippen LogP contribution is -2.47. The van der Waals surface area contributed by atoms with Crippen molar-refractivity contribution in [3.05, 3.63) is 45.8 Å². The number of para-hydroxylation sites is 2. The Balaban J connectivity index is 1.80. The van der Waals surface area contributed by atoms with Gasteiger partial charge in [-0.2, -0.15) is 5.10 Å². The number of hydrogen-bond acceptors (Lipinski definition) is 7. The van der Waals surface area contributed by atoms with E-state index in [1.807, 2.05) is 0 Å². The zero-order valence-electron chi connectivity index (χ0n) is 14.4. The minimum atomic E-state index is -1.28. The lowest BCUT2D eigenvalue weighted by molar-refractivity contribution is -0.385. The minimum Gasteiger partial charge on any atom is -0.448 e. The van der Waals surface area contributed by atoms with Gasteiger partial charge in [-0.05, 0) is 26.0 Å². The number of esters is 1. The van der Waals surface area contributed by atoms with Gasteiger partial charge < -0.3 is 10.1 Å². The number of fused-ring (bicyclic) bond motifs is 1. The molecule has 1 aliphatic heterocycles. The molecule has 11 nitrogen and oxygen atoms in total. The lowest BCUT2D eigenvalue weighted by atomic mass is 10.1. The number of rotatable bonds is 4. The lowest BCUT2D eigenvalue weighted by Gasteiger charge is -2.30. The Morgan fingerprint density at radius 2 is 2.07 bits per heavy atom. The molecular weight excluding hydrogens is 358 g/mol. The van der Waals surface area contributed by atoms with Gasteiger partial charge in [-0.3, -0.25) is 29.7 Å². The summed E-state index contributed by atoms with van der Waals surface area (Å²) < 4.78 is 5.06. The SMILES string of the molecule is Cc1[nH]nc(C(=O)OC(C)C(=O)N2CC(=O)Nc3ccccc32)c1[N+](=O)[O-]. The van der Waals surface area contributed by atoms with E-state index in [9.17, 15) is 24.5 Å². The van der Waals surface area contributed by atoms with Gasteiger partial charge in [-0.15, -0.1) is 0 Å². The Kier molecular flexibility index (Phi) is 4.59. The second kappa shape index (κ2) is 6.86. The average Bonchev–Trinajstić information content (AvgIpc) is 3.02. The van der Waals surface area contributed by atoms with E-state index in [4.69, 9.17) is 4.74 Å². The highest BCUT2D eigenvalue weighted by Crippen LogP contribution is 2.29. The van der Waals surface area contributed by atoms with Crippen LogP contribution >= 0.6 is 0 Å². The van der Waals surface area contributed by atoms with Gasteiger partial charge in [0, 0.05) is 0 Å². The molecule has 2 aromatic rings. The van der Waals surface area contributed by atoms with Crippen LogP contribution in [0, 0.1) is 17.0 Å². The van der Waals surface area contributed by atoms with Crippen molar-refractivity contribution >= 4 is 34.8 Å². The van der Waals surface area contributed by atoms with Gasteiger partial charge >= 0.3 is 11.7 Å². The van der Waals surface area contributed by atoms with Gasteiger partial charge in [-0.1, -0.05) is 12.1 Å². The first-order valence-corrected chi connectivity index (χ1v) is 7.90. The highest BCUT2D eigenvalue weighted by molar-refractivity contribution is 6.11. The highest BCUT2D eigenvalue weighted by Gasteiger charge is 2.34. The fourth-order valence-corrected chi connectivity index (χ4v) is 2.71. The van der Waals surface area contributed by atoms with Gasteiger partial charge in [0.2, 0.25) is 11.6 Å². The quantitative estimate of drug-likeness (QED) is 0.464. The molecule has 0 saturated carbocycles. The topological polar surface area (TPSA) is 148 Å². The van der Waals surface area contributed by atoms with Crippen molar-refractivity contribution in [1.29, 1.82) is 0 Å². The molecule has 2 heterocycles. The van der Waals surface area contributed by atoms with Crippen LogP contribution in [0.5, 0.6) is 0 Å². The number of ether oxygens (including phenoxy) is 1. The fourth-order valence-electron chi connectivity index (χ4n) is 2.71. The number of aromatic nitrogens is 2. The minimum absolute atomic E-state index is 0.0903. The van der Waals surface area contributed by atoms with Crippen LogP contribution in [-0.2, 0) is 14.3 Å². The molecule has 0 fully saturated rings. The number of carbonyl (C=O) groups excluding carboxylic acids is 3. The summed E-state index contributed by atoms with van der Waals surface area (Å²) in [5.74, 6) is -2.14. The van der Waals surface area contributed by atoms with E-state index in [-0.39, 0.29) is 18.1 Å². The molecule has 0 spiro atoms. The first-order chi connectivity index (χ1) is 12.8. The third-order valence-electron chi connectivity index (χ3n) is 3.96. The number of anilines is 2. The van der Waals surface area contributed by atoms with Crippen LogP contribution in [-0.4, -0.2) is 45.6 Å². The molecule has 1 aromatic heterocycles. The molecule has 1 unspecified atom stereocenters. The number of benzene rings is 1. The Morgan fingerprint density at radius 1 is 1.37 bits per heavy atom. The zero-order valence-corrected chi connectivity index (χ0v) is 14.4. The summed E-state index contributed by atoms with van der Waals surface area (Å²) in [7, 11) is 0. The molecule has 0 radical (unpaired) electrons. The van der Waals surface area contributed by atoms with E-state index < -0.39 is 34.3 Å². The molecule has 1 aromatic carbocycles. The molecule has 0 aliphatic carbocycles. The van der Waals surface area contributed by atoms with Crippen LogP contribution in [0.4, 0.5) is 17.1 Å². The van der Waals surface area contributed by atoms with Gasteiger partial charge in [0.25, 0.3) is 5.91 Å². The number of carbonyl (C=O) groups is 3. The number of amides is 2. The summed E-state index contributed by atoms with van der Waals surface area (Å²) in [6.45, 7) is 2.47. The van der Waals surface area contributed by atoms with E-state index in [2.05, 4.69) is 15.5 Å². The zero-order chi connectivity index (χ0) is 19.7. The maximum atomic E-state index is 12.7. The third kappa shape index (κ3) is 3.34. The largest absolute Gasteiger partial charge is 0.448 e. The van der Waals surface area contributed by atoms with Crippen molar-refractivity contribution in [3.8, 4) is 0 Å². The number of aryl methyl sites for hydroxylation is 1. The Bertz CT molecular complexity index is 953. The van der Waals surface area contributed by atoms with Gasteiger partial charge in [0.15, 0.2) is 6.10 Å². The van der Waals surface area contributed by atoms with Gasteiger partial charge in [-0.25, -0.2) is 4.79 Å². The Morgan fingerprint density at radius 3 is 2.78 bits per heavy atom. The second-order valence-electron chi connectivity index (χ2n) is 5.84. The number of H-pyrrole nitrogens is 1. The Hall–Kier alpha value is -3.76. The number of nitro groups is 1. The average molecular weight is 373 g/mol. The van der Waals surface area contributed by atoms with Crippen molar-refractivity contribution in [2.24, 2.45) is 0 Å². The Labute approximate surface area is 152 Å². The number of nitrogens with zero attached hydrogens (tertiary/aromatic N) is 3. The maximum Gasteiger partial charge on any atom is 0.366 e. The number of nitrogens with one attached hydrogen (secondary N) is 2. The first kappa shape index (κ1) is 18.0. The summed E-state index contributed by atoms with van der Waals surface area (Å²) in [6.07, 6.45) is -1.28. The van der Waals surface area contributed by atoms with Crippen molar-refractivity contribution in [3.63, 3.8) is 0 Å². The summed E-state index contributed by atoms with van der Waals surface area (Å²) >= 11 is 0. The molecule has 3 rings (SSSR count). The normalized spacial score (nSPS) is 14.1. The molecule has 11 heteroatoms. The molecule has 0 saturated heterocycles. The van der Waals surface area contributed by atoms with Crippen LogP contribution in [0.15, 0.2) is 24.3 Å². The second-order valence-corrected chi connectivity index (χ2v) is 5.84. The van der Waals surface area contributed by atoms with Crippen LogP contribution in [0.2, 0.25) is 0 Å². The maximum absolute atomic E-state index is 12.7. The van der Waals surface area contributed by atoms with E-state index in [1.54, 1.807) is 24.3 Å². The van der Waals surface area contributed by atoms with E-state index in [1.165, 1.54) is 18.7 Å². The molecule has 0 bridgehead atoms. The molecule has 2 N–H and O–H groups in total. The molecule has 1 atom stereocenters. The van der Waals surface area contributed by atoms with E-state index in [0.717, 1.165) is 0 Å². The summed E-state index contributed by atoms with van der Waals surface area (Å²) in [6, 6.07) is 6.68. The van der Waals surface area contributed by atoms with Crippen molar-refractivity contribution in [2.45, 2.75) is 20.0 Å². The summed E-state index contributed by atoms with van der Waals surface area (Å²) in [5, 5.41) is 19.6. The predicted octanol–water partition coefficient (Wildman–Crippen LogP) is 1.16. The van der Waals surface area contributed by atoms with Gasteiger partial charge in [0.05, 0.1) is 16.3 Å². The third-order valence-corrected chi connectivity index (χ3v) is 3.96. The predicted molar refractivity (Wildman–Crippen MR) is 92.3 cm³/mol. The smallest absolute Gasteiger partial charge is 0.366 e. The molecular formula is C16H15N5O6. The number of aromatic amines is 1. The highest BCUT2D eigenvalue weighted by atomic mass is 16.6. The summed E-state index contributed by atoms with van der Waals surface area (Å²) in [4.78, 5) is 48.3. The molecule has 140 valence electrons. The van der Waals surface area contributed by atoms with Crippen LogP contribution < -0.4 is 10.2 Å².